The van der Waals surface area contributed by atoms with Crippen molar-refractivity contribution in [2.45, 2.75) is 38.7 Å². The maximum absolute atomic E-state index is 6.05. The molecule has 1 aliphatic rings. The van der Waals surface area contributed by atoms with Gasteiger partial charge in [-0.1, -0.05) is 19.4 Å². The van der Waals surface area contributed by atoms with Gasteiger partial charge in [-0.15, -0.1) is 12.4 Å². The van der Waals surface area contributed by atoms with Crippen LogP contribution in [0.4, 0.5) is 0 Å². The van der Waals surface area contributed by atoms with Crippen LogP contribution in [0.15, 0.2) is 18.2 Å². The first kappa shape index (κ1) is 16.1. The van der Waals surface area contributed by atoms with E-state index in [2.05, 4.69) is 24.4 Å². The van der Waals surface area contributed by atoms with Crippen LogP contribution in [0.5, 0.6) is 11.5 Å². The zero-order chi connectivity index (χ0) is 12.8. The molecular formula is C15H24ClNO2. The van der Waals surface area contributed by atoms with E-state index < -0.39 is 0 Å². The van der Waals surface area contributed by atoms with Crippen molar-refractivity contribution >= 4 is 12.4 Å². The van der Waals surface area contributed by atoms with E-state index in [1.54, 1.807) is 7.11 Å². The molecule has 1 heterocycles. The average molecular weight is 286 g/mol. The van der Waals surface area contributed by atoms with Gasteiger partial charge in [0, 0.05) is 0 Å². The molecule has 2 rings (SSSR count). The Balaban J connectivity index is 0.00000180. The molecule has 0 atom stereocenters. The summed E-state index contributed by atoms with van der Waals surface area (Å²) < 4.78 is 11.5. The molecule has 0 aromatic heterocycles. The number of halogens is 1. The van der Waals surface area contributed by atoms with Crippen molar-refractivity contribution in [1.82, 2.24) is 5.32 Å². The highest BCUT2D eigenvalue weighted by atomic mass is 35.5. The Bertz CT molecular complexity index is 378. The predicted octanol–water partition coefficient (Wildman–Crippen LogP) is 3.20. The van der Waals surface area contributed by atoms with Gasteiger partial charge in [0.2, 0.25) is 0 Å². The smallest absolute Gasteiger partial charge is 0.161 e. The summed E-state index contributed by atoms with van der Waals surface area (Å²) in [5, 5.41) is 3.34. The minimum Gasteiger partial charge on any atom is -0.493 e. The molecule has 0 amide bonds. The fourth-order valence-electron chi connectivity index (χ4n) is 2.35. The van der Waals surface area contributed by atoms with E-state index in [-0.39, 0.29) is 12.4 Å². The summed E-state index contributed by atoms with van der Waals surface area (Å²) in [6, 6.07) is 6.29. The van der Waals surface area contributed by atoms with Gasteiger partial charge in [-0.05, 0) is 50.0 Å². The molecule has 0 unspecified atom stereocenters. The molecule has 1 fully saturated rings. The third kappa shape index (κ3) is 4.59. The highest BCUT2D eigenvalue weighted by Gasteiger charge is 2.16. The maximum atomic E-state index is 6.05. The molecule has 0 aliphatic carbocycles. The maximum Gasteiger partial charge on any atom is 0.161 e. The van der Waals surface area contributed by atoms with Gasteiger partial charge in [-0.3, -0.25) is 0 Å². The zero-order valence-corrected chi connectivity index (χ0v) is 12.6. The first-order valence-electron chi connectivity index (χ1n) is 6.87. The van der Waals surface area contributed by atoms with E-state index in [1.807, 2.05) is 6.07 Å². The minimum atomic E-state index is 0. The lowest BCUT2D eigenvalue weighted by Crippen LogP contribution is -2.34. The standard InChI is InChI=1S/C15H23NO2.ClH/c1-3-4-12-5-6-14(15(11-12)17-2)18-13-7-9-16-10-8-13;/h5-6,11,13,16H,3-4,7-10H2,1-2H3;1H. The molecule has 0 saturated carbocycles. The number of methoxy groups -OCH3 is 1. The SMILES string of the molecule is CCCc1ccc(OC2CCNCC2)c(OC)c1.Cl. The Kier molecular flexibility index (Phi) is 7.03. The zero-order valence-electron chi connectivity index (χ0n) is 11.8. The molecular weight excluding hydrogens is 262 g/mol. The molecule has 1 saturated heterocycles. The highest BCUT2D eigenvalue weighted by molar-refractivity contribution is 5.85. The largest absolute Gasteiger partial charge is 0.493 e. The Morgan fingerprint density at radius 3 is 2.58 bits per heavy atom. The molecule has 0 spiro atoms. The van der Waals surface area contributed by atoms with Gasteiger partial charge in [0.25, 0.3) is 0 Å². The molecule has 0 radical (unpaired) electrons. The van der Waals surface area contributed by atoms with Crippen LogP contribution >= 0.6 is 12.4 Å². The fraction of sp³-hybridized carbons (Fsp3) is 0.600. The summed E-state index contributed by atoms with van der Waals surface area (Å²) in [7, 11) is 1.71. The number of nitrogens with one attached hydrogen (secondary N) is 1. The first-order valence-corrected chi connectivity index (χ1v) is 6.87. The third-order valence-corrected chi connectivity index (χ3v) is 3.35. The normalized spacial score (nSPS) is 15.7. The lowest BCUT2D eigenvalue weighted by atomic mass is 10.1. The Labute approximate surface area is 122 Å². The second-order valence-corrected chi connectivity index (χ2v) is 4.80. The lowest BCUT2D eigenvalue weighted by molar-refractivity contribution is 0.156. The number of aryl methyl sites for hydroxylation is 1. The summed E-state index contributed by atoms with van der Waals surface area (Å²) in [6.07, 6.45) is 4.69. The topological polar surface area (TPSA) is 30.5 Å². The molecule has 1 aromatic rings. The number of ether oxygens (including phenoxy) is 2. The summed E-state index contributed by atoms with van der Waals surface area (Å²) in [5.74, 6) is 1.74. The molecule has 19 heavy (non-hydrogen) atoms. The number of rotatable bonds is 5. The third-order valence-electron chi connectivity index (χ3n) is 3.35. The second kappa shape index (κ2) is 8.28. The number of hydrogen-bond acceptors (Lipinski definition) is 3. The summed E-state index contributed by atoms with van der Waals surface area (Å²) in [6.45, 7) is 4.27. The van der Waals surface area contributed by atoms with E-state index in [1.165, 1.54) is 5.56 Å². The van der Waals surface area contributed by atoms with Gasteiger partial charge in [0.05, 0.1) is 7.11 Å². The van der Waals surface area contributed by atoms with Gasteiger partial charge in [-0.25, -0.2) is 0 Å². The van der Waals surface area contributed by atoms with Gasteiger partial charge in [0.1, 0.15) is 6.10 Å². The van der Waals surface area contributed by atoms with Crippen molar-refractivity contribution in [2.75, 3.05) is 20.2 Å². The predicted molar refractivity (Wildman–Crippen MR) is 80.8 cm³/mol. The monoisotopic (exact) mass is 285 g/mol. The second-order valence-electron chi connectivity index (χ2n) is 4.80. The van der Waals surface area contributed by atoms with Crippen molar-refractivity contribution in [3.8, 4) is 11.5 Å². The van der Waals surface area contributed by atoms with Crippen LogP contribution in [0.3, 0.4) is 0 Å². The van der Waals surface area contributed by atoms with Crippen molar-refractivity contribution in [3.05, 3.63) is 23.8 Å². The molecule has 108 valence electrons. The quantitative estimate of drug-likeness (QED) is 0.901. The molecule has 1 aromatic carbocycles. The molecule has 0 bridgehead atoms. The van der Waals surface area contributed by atoms with Crippen molar-refractivity contribution < 1.29 is 9.47 Å². The summed E-state index contributed by atoms with van der Waals surface area (Å²) in [5.41, 5.74) is 1.31. The Morgan fingerprint density at radius 2 is 1.95 bits per heavy atom. The van der Waals surface area contributed by atoms with E-state index in [0.29, 0.717) is 6.10 Å². The average Bonchev–Trinajstić information content (AvgIpc) is 2.42. The van der Waals surface area contributed by atoms with Crippen LogP contribution in [0.1, 0.15) is 31.7 Å². The Hall–Kier alpha value is -0.930. The van der Waals surface area contributed by atoms with E-state index >= 15 is 0 Å². The van der Waals surface area contributed by atoms with Crippen LogP contribution in [0.2, 0.25) is 0 Å². The molecule has 3 nitrogen and oxygen atoms in total. The van der Waals surface area contributed by atoms with Crippen molar-refractivity contribution in [1.29, 1.82) is 0 Å². The van der Waals surface area contributed by atoms with Crippen molar-refractivity contribution in [2.24, 2.45) is 0 Å². The number of hydrogen-bond donors (Lipinski definition) is 1. The molecule has 1 aliphatic heterocycles. The van der Waals surface area contributed by atoms with Gasteiger partial charge < -0.3 is 14.8 Å². The highest BCUT2D eigenvalue weighted by Crippen LogP contribution is 2.30. The van der Waals surface area contributed by atoms with E-state index in [0.717, 1.165) is 50.3 Å². The van der Waals surface area contributed by atoms with E-state index in [9.17, 15) is 0 Å². The van der Waals surface area contributed by atoms with Crippen LogP contribution in [0, 0.1) is 0 Å². The fourth-order valence-corrected chi connectivity index (χ4v) is 2.35. The first-order chi connectivity index (χ1) is 8.83. The summed E-state index contributed by atoms with van der Waals surface area (Å²) in [4.78, 5) is 0. The van der Waals surface area contributed by atoms with Crippen LogP contribution < -0.4 is 14.8 Å². The summed E-state index contributed by atoms with van der Waals surface area (Å²) >= 11 is 0. The molecule has 4 heteroatoms. The lowest BCUT2D eigenvalue weighted by Gasteiger charge is -2.24. The number of piperidine rings is 1. The molecule has 1 N–H and O–H groups in total. The number of benzene rings is 1. The minimum absolute atomic E-state index is 0. The van der Waals surface area contributed by atoms with Crippen LogP contribution in [0.25, 0.3) is 0 Å². The van der Waals surface area contributed by atoms with Crippen molar-refractivity contribution in [3.63, 3.8) is 0 Å². The van der Waals surface area contributed by atoms with Crippen LogP contribution in [-0.2, 0) is 6.42 Å². The van der Waals surface area contributed by atoms with Crippen LogP contribution in [-0.4, -0.2) is 26.3 Å². The van der Waals surface area contributed by atoms with E-state index in [4.69, 9.17) is 9.47 Å². The van der Waals surface area contributed by atoms with Gasteiger partial charge in [0.15, 0.2) is 11.5 Å². The Morgan fingerprint density at radius 1 is 1.21 bits per heavy atom. The van der Waals surface area contributed by atoms with Gasteiger partial charge in [-0.2, -0.15) is 0 Å². The van der Waals surface area contributed by atoms with Gasteiger partial charge >= 0.3 is 0 Å².